The quantitative estimate of drug-likeness (QED) is 0.754. The van der Waals surface area contributed by atoms with Crippen LogP contribution in [0.1, 0.15) is 11.4 Å². The summed E-state index contributed by atoms with van der Waals surface area (Å²) >= 11 is 0. The van der Waals surface area contributed by atoms with E-state index in [2.05, 4.69) is 16.0 Å². The Morgan fingerprint density at radius 3 is 2.54 bits per heavy atom. The average Bonchev–Trinajstić information content (AvgIpc) is 2.60. The van der Waals surface area contributed by atoms with E-state index in [4.69, 9.17) is 0 Å². The topological polar surface area (TPSA) is 72.8 Å². The SMILES string of the molecule is CN(C)c1ccc(/C=C(\C#N)c2nc3ccccc3c(=O)[nH]2)cc1. The first kappa shape index (κ1) is 15.5. The number of benzene rings is 2. The van der Waals surface area contributed by atoms with E-state index in [-0.39, 0.29) is 11.4 Å². The van der Waals surface area contributed by atoms with Crippen LogP contribution in [0.5, 0.6) is 0 Å². The molecule has 118 valence electrons. The van der Waals surface area contributed by atoms with Crippen LogP contribution >= 0.6 is 0 Å². The molecule has 24 heavy (non-hydrogen) atoms. The molecule has 5 heteroatoms. The number of hydrogen-bond acceptors (Lipinski definition) is 4. The minimum absolute atomic E-state index is 0.250. The summed E-state index contributed by atoms with van der Waals surface area (Å²) in [6, 6.07) is 17.0. The first-order chi connectivity index (χ1) is 11.6. The van der Waals surface area contributed by atoms with Crippen LogP contribution in [-0.2, 0) is 0 Å². The molecular weight excluding hydrogens is 300 g/mol. The Morgan fingerprint density at radius 1 is 1.17 bits per heavy atom. The van der Waals surface area contributed by atoms with Crippen molar-refractivity contribution in [2.75, 3.05) is 19.0 Å². The predicted octanol–water partition coefficient (Wildman–Crippen LogP) is 3.05. The molecule has 1 aromatic heterocycles. The molecule has 1 heterocycles. The molecule has 0 spiro atoms. The van der Waals surface area contributed by atoms with Crippen molar-refractivity contribution >= 4 is 28.2 Å². The van der Waals surface area contributed by atoms with Crippen molar-refractivity contribution in [1.82, 2.24) is 9.97 Å². The summed E-state index contributed by atoms with van der Waals surface area (Å²) in [5.41, 5.74) is 2.58. The second kappa shape index (κ2) is 6.39. The van der Waals surface area contributed by atoms with E-state index < -0.39 is 0 Å². The van der Waals surface area contributed by atoms with Crippen molar-refractivity contribution < 1.29 is 0 Å². The van der Waals surface area contributed by atoms with Gasteiger partial charge in [-0.1, -0.05) is 24.3 Å². The molecule has 0 radical (unpaired) electrons. The van der Waals surface area contributed by atoms with Crippen molar-refractivity contribution in [2.24, 2.45) is 0 Å². The number of aromatic amines is 1. The van der Waals surface area contributed by atoms with Gasteiger partial charge in [-0.05, 0) is 35.9 Å². The second-order valence-corrected chi connectivity index (χ2v) is 5.59. The molecule has 0 saturated heterocycles. The number of nitrogens with one attached hydrogen (secondary N) is 1. The molecule has 0 unspecified atom stereocenters. The van der Waals surface area contributed by atoms with Crippen molar-refractivity contribution in [2.45, 2.75) is 0 Å². The highest BCUT2D eigenvalue weighted by molar-refractivity contribution is 5.89. The number of fused-ring (bicyclic) bond motifs is 1. The Bertz CT molecular complexity index is 1010. The van der Waals surface area contributed by atoms with Gasteiger partial charge in [-0.2, -0.15) is 5.26 Å². The van der Waals surface area contributed by atoms with Crippen molar-refractivity contribution in [3.05, 3.63) is 70.3 Å². The zero-order valence-corrected chi connectivity index (χ0v) is 13.4. The Hall–Kier alpha value is -3.39. The Labute approximate surface area is 139 Å². The fourth-order valence-electron chi connectivity index (χ4n) is 2.40. The number of nitrogens with zero attached hydrogens (tertiary/aromatic N) is 3. The maximum Gasteiger partial charge on any atom is 0.259 e. The largest absolute Gasteiger partial charge is 0.378 e. The molecular formula is C19H16N4O. The van der Waals surface area contributed by atoms with Crippen LogP contribution in [0, 0.1) is 11.3 Å². The van der Waals surface area contributed by atoms with E-state index in [9.17, 15) is 10.1 Å². The molecule has 0 aliphatic carbocycles. The van der Waals surface area contributed by atoms with E-state index in [0.717, 1.165) is 11.3 Å². The van der Waals surface area contributed by atoms with Gasteiger partial charge in [-0.3, -0.25) is 4.79 Å². The van der Waals surface area contributed by atoms with Gasteiger partial charge in [0.25, 0.3) is 5.56 Å². The van der Waals surface area contributed by atoms with Gasteiger partial charge in [0.2, 0.25) is 0 Å². The Balaban J connectivity index is 2.05. The lowest BCUT2D eigenvalue weighted by molar-refractivity contribution is 1.13. The van der Waals surface area contributed by atoms with E-state index in [1.54, 1.807) is 24.3 Å². The summed E-state index contributed by atoms with van der Waals surface area (Å²) in [5, 5.41) is 9.97. The summed E-state index contributed by atoms with van der Waals surface area (Å²) in [5.74, 6) is 0.276. The van der Waals surface area contributed by atoms with Crippen molar-refractivity contribution in [1.29, 1.82) is 5.26 Å². The molecule has 1 N–H and O–H groups in total. The minimum atomic E-state index is -0.250. The average molecular weight is 316 g/mol. The van der Waals surface area contributed by atoms with Crippen LogP contribution in [0.2, 0.25) is 0 Å². The standard InChI is InChI=1S/C19H16N4O/c1-23(2)15-9-7-13(8-10-15)11-14(12-20)18-21-17-6-4-3-5-16(17)19(24)22-18/h3-11H,1-2H3,(H,21,22,24)/b14-11+. The van der Waals surface area contributed by atoms with Crippen LogP contribution in [-0.4, -0.2) is 24.1 Å². The summed E-state index contributed by atoms with van der Waals surface area (Å²) in [4.78, 5) is 21.2. The highest BCUT2D eigenvalue weighted by Crippen LogP contribution is 2.18. The number of hydrogen-bond donors (Lipinski definition) is 1. The van der Waals surface area contributed by atoms with Gasteiger partial charge < -0.3 is 9.88 Å². The number of allylic oxidation sites excluding steroid dienone is 1. The number of rotatable bonds is 3. The molecule has 5 nitrogen and oxygen atoms in total. The van der Waals surface area contributed by atoms with Gasteiger partial charge in [-0.25, -0.2) is 4.98 Å². The number of nitriles is 1. The van der Waals surface area contributed by atoms with E-state index >= 15 is 0 Å². The zero-order valence-electron chi connectivity index (χ0n) is 13.4. The lowest BCUT2D eigenvalue weighted by Gasteiger charge is -2.11. The van der Waals surface area contributed by atoms with E-state index in [1.807, 2.05) is 49.3 Å². The van der Waals surface area contributed by atoms with Crippen LogP contribution in [0.3, 0.4) is 0 Å². The fourth-order valence-corrected chi connectivity index (χ4v) is 2.40. The summed E-state index contributed by atoms with van der Waals surface area (Å²) in [6.07, 6.45) is 1.71. The molecule has 0 amide bonds. The van der Waals surface area contributed by atoms with E-state index in [1.165, 1.54) is 0 Å². The van der Waals surface area contributed by atoms with Gasteiger partial charge >= 0.3 is 0 Å². The molecule has 0 aliphatic rings. The third-order valence-corrected chi connectivity index (χ3v) is 3.71. The smallest absolute Gasteiger partial charge is 0.259 e. The summed E-state index contributed by atoms with van der Waals surface area (Å²) < 4.78 is 0. The molecule has 3 aromatic rings. The number of H-pyrrole nitrogens is 1. The van der Waals surface area contributed by atoms with Crippen LogP contribution in [0.4, 0.5) is 5.69 Å². The molecule has 0 bridgehead atoms. The normalized spacial score (nSPS) is 11.3. The number of aromatic nitrogens is 2. The van der Waals surface area contributed by atoms with E-state index in [0.29, 0.717) is 16.5 Å². The van der Waals surface area contributed by atoms with Crippen LogP contribution in [0.25, 0.3) is 22.6 Å². The number of anilines is 1. The lowest BCUT2D eigenvalue weighted by Crippen LogP contribution is -2.11. The van der Waals surface area contributed by atoms with Gasteiger partial charge in [-0.15, -0.1) is 0 Å². The molecule has 0 aliphatic heterocycles. The van der Waals surface area contributed by atoms with Gasteiger partial charge in [0.15, 0.2) is 5.82 Å². The Kier molecular flexibility index (Phi) is 4.13. The molecule has 3 rings (SSSR count). The van der Waals surface area contributed by atoms with Crippen LogP contribution in [0.15, 0.2) is 53.3 Å². The maximum absolute atomic E-state index is 12.2. The van der Waals surface area contributed by atoms with Crippen LogP contribution < -0.4 is 10.5 Å². The molecule has 0 fully saturated rings. The highest BCUT2D eigenvalue weighted by atomic mass is 16.1. The van der Waals surface area contributed by atoms with Gasteiger partial charge in [0.1, 0.15) is 6.07 Å². The lowest BCUT2D eigenvalue weighted by atomic mass is 10.1. The highest BCUT2D eigenvalue weighted by Gasteiger charge is 2.08. The minimum Gasteiger partial charge on any atom is -0.378 e. The third kappa shape index (κ3) is 3.03. The van der Waals surface area contributed by atoms with Gasteiger partial charge in [0.05, 0.1) is 16.5 Å². The third-order valence-electron chi connectivity index (χ3n) is 3.71. The predicted molar refractivity (Wildman–Crippen MR) is 96.6 cm³/mol. The molecule has 0 atom stereocenters. The first-order valence-corrected chi connectivity index (χ1v) is 7.47. The summed E-state index contributed by atoms with van der Waals surface area (Å²) in [7, 11) is 3.94. The fraction of sp³-hybridized carbons (Fsp3) is 0.105. The molecule has 2 aromatic carbocycles. The summed E-state index contributed by atoms with van der Waals surface area (Å²) in [6.45, 7) is 0. The zero-order chi connectivity index (χ0) is 17.1. The maximum atomic E-state index is 12.2. The second-order valence-electron chi connectivity index (χ2n) is 5.59. The monoisotopic (exact) mass is 316 g/mol. The van der Waals surface area contributed by atoms with Crippen molar-refractivity contribution in [3.63, 3.8) is 0 Å². The Morgan fingerprint density at radius 2 is 1.88 bits per heavy atom. The van der Waals surface area contributed by atoms with Gasteiger partial charge in [0, 0.05) is 19.8 Å². The first-order valence-electron chi connectivity index (χ1n) is 7.47. The van der Waals surface area contributed by atoms with Crippen molar-refractivity contribution in [3.8, 4) is 6.07 Å². The number of para-hydroxylation sites is 1. The molecule has 0 saturated carbocycles.